The number of aromatic nitrogens is 5. The molecule has 4 rings (SSSR count). The van der Waals surface area contributed by atoms with Crippen LogP contribution in [-0.2, 0) is 0 Å². The van der Waals surface area contributed by atoms with Gasteiger partial charge in [-0.25, -0.2) is 4.68 Å². The molecule has 2 aromatic carbocycles. The number of rotatable bonds is 6. The number of carbonyl (C=O) groups is 1. The standard InChI is InChI=1S/C22H22N6O3S/c1-12-6-7-15(8-13(12)2)21(29)24-22-23-20(26-32-22)19-14(3)28(27-25-19)16-9-17(30-4)11-18(10-16)31-5/h6-11H,1-5H3,(H,23,24,26,29). The fraction of sp³-hybridized carbons (Fsp3) is 0.227. The number of carbonyl (C=O) groups excluding carboxylic acids is 1. The van der Waals surface area contributed by atoms with Crippen LogP contribution in [0.25, 0.3) is 17.2 Å². The van der Waals surface area contributed by atoms with Gasteiger partial charge in [0.05, 0.1) is 25.6 Å². The number of amides is 1. The number of benzene rings is 2. The molecular weight excluding hydrogens is 428 g/mol. The third-order valence-electron chi connectivity index (χ3n) is 5.10. The van der Waals surface area contributed by atoms with Gasteiger partial charge in [0.25, 0.3) is 5.91 Å². The van der Waals surface area contributed by atoms with E-state index in [1.165, 1.54) is 0 Å². The third-order valence-corrected chi connectivity index (χ3v) is 5.73. The van der Waals surface area contributed by atoms with Gasteiger partial charge in [-0.1, -0.05) is 11.3 Å². The monoisotopic (exact) mass is 450 g/mol. The van der Waals surface area contributed by atoms with Gasteiger partial charge in [-0.05, 0) is 44.0 Å². The minimum Gasteiger partial charge on any atom is -0.497 e. The average molecular weight is 451 g/mol. The van der Waals surface area contributed by atoms with E-state index in [0.29, 0.717) is 33.7 Å². The van der Waals surface area contributed by atoms with Gasteiger partial charge in [-0.3, -0.25) is 10.1 Å². The smallest absolute Gasteiger partial charge is 0.257 e. The number of ether oxygens (including phenoxy) is 2. The van der Waals surface area contributed by atoms with E-state index in [0.717, 1.165) is 34.0 Å². The summed E-state index contributed by atoms with van der Waals surface area (Å²) in [7, 11) is 3.18. The Kier molecular flexibility index (Phi) is 5.87. The first-order chi connectivity index (χ1) is 15.4. The molecular formula is C22H22N6O3S. The summed E-state index contributed by atoms with van der Waals surface area (Å²) in [5, 5.41) is 11.7. The fourth-order valence-electron chi connectivity index (χ4n) is 3.12. The molecule has 0 fully saturated rings. The zero-order valence-electron chi connectivity index (χ0n) is 18.3. The van der Waals surface area contributed by atoms with E-state index < -0.39 is 0 Å². The summed E-state index contributed by atoms with van der Waals surface area (Å²) in [5.41, 5.74) is 4.75. The number of nitrogens with one attached hydrogen (secondary N) is 1. The first-order valence-electron chi connectivity index (χ1n) is 9.78. The molecule has 9 nitrogen and oxygen atoms in total. The van der Waals surface area contributed by atoms with Crippen LogP contribution in [0.5, 0.6) is 11.5 Å². The molecule has 4 aromatic rings. The summed E-state index contributed by atoms with van der Waals surface area (Å²) in [6.45, 7) is 5.85. The third kappa shape index (κ3) is 4.17. The second-order valence-electron chi connectivity index (χ2n) is 7.18. The molecule has 32 heavy (non-hydrogen) atoms. The highest BCUT2D eigenvalue weighted by atomic mass is 32.1. The Labute approximate surface area is 189 Å². The van der Waals surface area contributed by atoms with Crippen molar-refractivity contribution in [1.82, 2.24) is 24.4 Å². The topological polar surface area (TPSA) is 104 Å². The summed E-state index contributed by atoms with van der Waals surface area (Å²) in [6, 6.07) is 11.0. The zero-order valence-corrected chi connectivity index (χ0v) is 19.1. The van der Waals surface area contributed by atoms with E-state index in [1.807, 2.05) is 45.0 Å². The Morgan fingerprint density at radius 1 is 1.00 bits per heavy atom. The molecule has 0 aliphatic heterocycles. The number of hydrogen-bond acceptors (Lipinski definition) is 8. The SMILES string of the molecule is COc1cc(OC)cc(-n2nnc(-c3nsc(NC(=O)c4ccc(C)c(C)c4)n3)c2C)c1. The number of anilines is 1. The van der Waals surface area contributed by atoms with E-state index in [9.17, 15) is 4.79 Å². The Balaban J connectivity index is 1.58. The van der Waals surface area contributed by atoms with Crippen LogP contribution >= 0.6 is 11.5 Å². The Bertz CT molecular complexity index is 1270. The quantitative estimate of drug-likeness (QED) is 0.474. The molecule has 1 N–H and O–H groups in total. The lowest BCUT2D eigenvalue weighted by atomic mass is 10.1. The molecule has 0 bridgehead atoms. The average Bonchev–Trinajstić information content (AvgIpc) is 3.41. The van der Waals surface area contributed by atoms with Gasteiger partial charge in [-0.15, -0.1) is 5.10 Å². The van der Waals surface area contributed by atoms with Crippen LogP contribution < -0.4 is 14.8 Å². The number of methoxy groups -OCH3 is 2. The molecule has 2 aromatic heterocycles. The van der Waals surface area contributed by atoms with Crippen molar-refractivity contribution >= 4 is 22.6 Å². The zero-order chi connectivity index (χ0) is 22.8. The number of nitrogens with zero attached hydrogens (tertiary/aromatic N) is 5. The molecule has 164 valence electrons. The van der Waals surface area contributed by atoms with E-state index in [1.54, 1.807) is 31.0 Å². The maximum Gasteiger partial charge on any atom is 0.257 e. The summed E-state index contributed by atoms with van der Waals surface area (Å²) in [5.74, 6) is 1.43. The van der Waals surface area contributed by atoms with Crippen molar-refractivity contribution in [3.63, 3.8) is 0 Å². The Morgan fingerprint density at radius 3 is 2.38 bits per heavy atom. The first-order valence-corrected chi connectivity index (χ1v) is 10.6. The first kappa shape index (κ1) is 21.4. The summed E-state index contributed by atoms with van der Waals surface area (Å²) in [4.78, 5) is 17.0. The van der Waals surface area contributed by atoms with Crippen molar-refractivity contribution in [2.45, 2.75) is 20.8 Å². The molecule has 0 saturated carbocycles. The lowest BCUT2D eigenvalue weighted by Gasteiger charge is -2.09. The second-order valence-corrected chi connectivity index (χ2v) is 7.93. The molecule has 1 amide bonds. The van der Waals surface area contributed by atoms with Crippen molar-refractivity contribution in [3.8, 4) is 28.7 Å². The molecule has 0 radical (unpaired) electrons. The largest absolute Gasteiger partial charge is 0.497 e. The molecule has 0 spiro atoms. The maximum atomic E-state index is 12.6. The predicted molar refractivity (Wildman–Crippen MR) is 122 cm³/mol. The lowest BCUT2D eigenvalue weighted by molar-refractivity contribution is 0.102. The van der Waals surface area contributed by atoms with Gasteiger partial charge in [0.1, 0.15) is 11.5 Å². The van der Waals surface area contributed by atoms with Crippen molar-refractivity contribution < 1.29 is 14.3 Å². The molecule has 2 heterocycles. The normalized spacial score (nSPS) is 10.8. The van der Waals surface area contributed by atoms with Gasteiger partial charge in [0.15, 0.2) is 11.5 Å². The molecule has 0 atom stereocenters. The van der Waals surface area contributed by atoms with E-state index >= 15 is 0 Å². The van der Waals surface area contributed by atoms with E-state index in [2.05, 4.69) is 25.0 Å². The lowest BCUT2D eigenvalue weighted by Crippen LogP contribution is -2.12. The Morgan fingerprint density at radius 2 is 1.72 bits per heavy atom. The van der Waals surface area contributed by atoms with E-state index in [-0.39, 0.29) is 5.91 Å². The van der Waals surface area contributed by atoms with Gasteiger partial charge < -0.3 is 9.47 Å². The van der Waals surface area contributed by atoms with Crippen LogP contribution in [0.3, 0.4) is 0 Å². The van der Waals surface area contributed by atoms with E-state index in [4.69, 9.17) is 9.47 Å². The van der Waals surface area contributed by atoms with Gasteiger partial charge in [-0.2, -0.15) is 9.36 Å². The molecule has 0 aliphatic carbocycles. The predicted octanol–water partition coefficient (Wildman–Crippen LogP) is 3.98. The van der Waals surface area contributed by atoms with Crippen molar-refractivity contribution in [3.05, 3.63) is 58.8 Å². The van der Waals surface area contributed by atoms with Crippen LogP contribution in [0.15, 0.2) is 36.4 Å². The highest BCUT2D eigenvalue weighted by molar-refractivity contribution is 7.10. The van der Waals surface area contributed by atoms with Crippen molar-refractivity contribution in [2.75, 3.05) is 19.5 Å². The summed E-state index contributed by atoms with van der Waals surface area (Å²) in [6.07, 6.45) is 0. The van der Waals surface area contributed by atoms with Gasteiger partial charge in [0, 0.05) is 35.3 Å². The molecule has 0 aliphatic rings. The minimum atomic E-state index is -0.236. The molecule has 0 saturated heterocycles. The van der Waals surface area contributed by atoms with Crippen molar-refractivity contribution in [1.29, 1.82) is 0 Å². The van der Waals surface area contributed by atoms with Crippen LogP contribution in [-0.4, -0.2) is 44.5 Å². The number of hydrogen-bond donors (Lipinski definition) is 1. The number of aryl methyl sites for hydroxylation is 2. The van der Waals surface area contributed by atoms with Crippen LogP contribution in [0, 0.1) is 20.8 Å². The fourth-order valence-corrected chi connectivity index (χ4v) is 3.68. The highest BCUT2D eigenvalue weighted by Gasteiger charge is 2.19. The van der Waals surface area contributed by atoms with Crippen LogP contribution in [0.2, 0.25) is 0 Å². The second kappa shape index (κ2) is 8.75. The van der Waals surface area contributed by atoms with Gasteiger partial charge in [0.2, 0.25) is 5.13 Å². The molecule has 0 unspecified atom stereocenters. The minimum absolute atomic E-state index is 0.236. The maximum absolute atomic E-state index is 12.6. The van der Waals surface area contributed by atoms with Crippen LogP contribution in [0.1, 0.15) is 27.2 Å². The molecule has 10 heteroatoms. The highest BCUT2D eigenvalue weighted by Crippen LogP contribution is 2.28. The van der Waals surface area contributed by atoms with Crippen LogP contribution in [0.4, 0.5) is 5.13 Å². The van der Waals surface area contributed by atoms with Gasteiger partial charge >= 0.3 is 0 Å². The summed E-state index contributed by atoms with van der Waals surface area (Å²) < 4.78 is 16.7. The summed E-state index contributed by atoms with van der Waals surface area (Å²) >= 11 is 1.09. The Hall–Kier alpha value is -3.79. The van der Waals surface area contributed by atoms with Crippen molar-refractivity contribution in [2.24, 2.45) is 0 Å².